The maximum absolute atomic E-state index is 12.7. The Morgan fingerprint density at radius 2 is 2.04 bits per heavy atom. The van der Waals surface area contributed by atoms with Crippen LogP contribution in [0, 0.1) is 0 Å². The zero-order chi connectivity index (χ0) is 20.3. The van der Waals surface area contributed by atoms with Crippen molar-refractivity contribution in [1.82, 2.24) is 14.7 Å². The first-order valence-corrected chi connectivity index (χ1v) is 10.9. The molecule has 0 radical (unpaired) electrons. The molecule has 1 amide bonds. The highest BCUT2D eigenvalue weighted by Gasteiger charge is 2.36. The second-order valence-electron chi connectivity index (χ2n) is 6.73. The quantitative estimate of drug-likeness (QED) is 0.675. The third-order valence-electron chi connectivity index (χ3n) is 4.78. The molecule has 1 fully saturated rings. The van der Waals surface area contributed by atoms with Crippen LogP contribution in [0.1, 0.15) is 30.6 Å². The normalized spacial score (nSPS) is 19.1. The predicted octanol–water partition coefficient (Wildman–Crippen LogP) is 1.45. The number of likely N-dealkylation sites (N-methyl/N-ethyl adjacent to an activating group) is 1. The molecule has 2 heterocycles. The van der Waals surface area contributed by atoms with Crippen LogP contribution in [0.2, 0.25) is 0 Å². The van der Waals surface area contributed by atoms with Gasteiger partial charge in [0.15, 0.2) is 15.9 Å². The number of esters is 1. The molecular formula is C19H23N3O5S. The number of rotatable bonds is 6. The lowest BCUT2D eigenvalue weighted by molar-refractivity contribution is -0.141. The molecule has 28 heavy (non-hydrogen) atoms. The van der Waals surface area contributed by atoms with Crippen LogP contribution >= 0.6 is 0 Å². The zero-order valence-corrected chi connectivity index (χ0v) is 16.6. The highest BCUT2D eigenvalue weighted by Crippen LogP contribution is 2.19. The Hall–Kier alpha value is -2.68. The van der Waals surface area contributed by atoms with E-state index in [1.807, 2.05) is 0 Å². The molecule has 1 aliphatic heterocycles. The number of ether oxygens (including phenoxy) is 1. The molecule has 0 saturated carbocycles. The van der Waals surface area contributed by atoms with Crippen molar-refractivity contribution in [3.63, 3.8) is 0 Å². The SMILES string of the molecule is CCN(C(=O)[C@@H](C)OC(=O)c1ccc(-n2cccn2)cc1)[C@@H]1CCS(=O)(=O)C1. The van der Waals surface area contributed by atoms with Gasteiger partial charge in [-0.1, -0.05) is 0 Å². The van der Waals surface area contributed by atoms with Gasteiger partial charge in [0.25, 0.3) is 5.91 Å². The third-order valence-corrected chi connectivity index (χ3v) is 6.53. The van der Waals surface area contributed by atoms with Gasteiger partial charge in [-0.2, -0.15) is 5.10 Å². The fourth-order valence-corrected chi connectivity index (χ4v) is 5.03. The summed E-state index contributed by atoms with van der Waals surface area (Å²) >= 11 is 0. The van der Waals surface area contributed by atoms with E-state index in [-0.39, 0.29) is 23.5 Å². The molecule has 2 atom stereocenters. The van der Waals surface area contributed by atoms with Gasteiger partial charge < -0.3 is 9.64 Å². The van der Waals surface area contributed by atoms with Crippen LogP contribution in [-0.4, -0.2) is 65.2 Å². The standard InChI is InChI=1S/C19H23N3O5S/c1-3-21(17-9-12-28(25,26)13-17)18(23)14(2)27-19(24)15-5-7-16(8-6-15)22-11-4-10-20-22/h4-8,10-11,14,17H,3,9,12-13H2,1-2H3/t14-,17-/m1/s1. The van der Waals surface area contributed by atoms with E-state index in [2.05, 4.69) is 5.10 Å². The summed E-state index contributed by atoms with van der Waals surface area (Å²) in [7, 11) is -3.11. The summed E-state index contributed by atoms with van der Waals surface area (Å²) < 4.78 is 30.4. The van der Waals surface area contributed by atoms with Crippen molar-refractivity contribution in [3.8, 4) is 5.69 Å². The summed E-state index contributed by atoms with van der Waals surface area (Å²) in [6.07, 6.45) is 2.86. The van der Waals surface area contributed by atoms with E-state index in [0.29, 0.717) is 18.5 Å². The smallest absolute Gasteiger partial charge is 0.338 e. The maximum Gasteiger partial charge on any atom is 0.338 e. The van der Waals surface area contributed by atoms with E-state index in [4.69, 9.17) is 4.74 Å². The summed E-state index contributed by atoms with van der Waals surface area (Å²) in [6.45, 7) is 3.65. The number of carbonyl (C=O) groups excluding carboxylic acids is 2. The zero-order valence-electron chi connectivity index (χ0n) is 15.8. The molecule has 0 N–H and O–H groups in total. The van der Waals surface area contributed by atoms with Gasteiger partial charge in [0.2, 0.25) is 0 Å². The first-order valence-electron chi connectivity index (χ1n) is 9.12. The Morgan fingerprint density at radius 1 is 1.32 bits per heavy atom. The number of hydrogen-bond donors (Lipinski definition) is 0. The number of nitrogens with zero attached hydrogens (tertiary/aromatic N) is 3. The van der Waals surface area contributed by atoms with Crippen LogP contribution in [0.3, 0.4) is 0 Å². The van der Waals surface area contributed by atoms with Crippen molar-refractivity contribution in [2.75, 3.05) is 18.1 Å². The van der Waals surface area contributed by atoms with Gasteiger partial charge in [0, 0.05) is 25.0 Å². The number of benzene rings is 1. The number of aromatic nitrogens is 2. The average Bonchev–Trinajstić information content (AvgIpc) is 3.32. The van der Waals surface area contributed by atoms with Crippen LogP contribution in [0.4, 0.5) is 0 Å². The van der Waals surface area contributed by atoms with Gasteiger partial charge in [-0.25, -0.2) is 17.9 Å². The number of sulfone groups is 1. The lowest BCUT2D eigenvalue weighted by atomic mass is 10.2. The summed E-state index contributed by atoms with van der Waals surface area (Å²) in [5.74, 6) is -0.950. The van der Waals surface area contributed by atoms with E-state index in [1.54, 1.807) is 54.3 Å². The predicted molar refractivity (Wildman–Crippen MR) is 103 cm³/mol. The van der Waals surface area contributed by atoms with Crippen LogP contribution in [0.25, 0.3) is 5.69 Å². The topological polar surface area (TPSA) is 98.6 Å². The number of amides is 1. The van der Waals surface area contributed by atoms with Crippen molar-refractivity contribution in [2.45, 2.75) is 32.4 Å². The molecule has 1 aromatic carbocycles. The average molecular weight is 405 g/mol. The van der Waals surface area contributed by atoms with Gasteiger partial charge in [-0.05, 0) is 50.6 Å². The number of hydrogen-bond acceptors (Lipinski definition) is 6. The van der Waals surface area contributed by atoms with Gasteiger partial charge in [0.1, 0.15) is 0 Å². The van der Waals surface area contributed by atoms with Crippen LogP contribution in [0.15, 0.2) is 42.7 Å². The summed E-state index contributed by atoms with van der Waals surface area (Å²) in [5.41, 5.74) is 1.12. The monoisotopic (exact) mass is 405 g/mol. The molecule has 3 rings (SSSR count). The molecule has 0 bridgehead atoms. The fraction of sp³-hybridized carbons (Fsp3) is 0.421. The Balaban J connectivity index is 1.63. The van der Waals surface area contributed by atoms with Crippen molar-refractivity contribution in [1.29, 1.82) is 0 Å². The van der Waals surface area contributed by atoms with E-state index in [0.717, 1.165) is 5.69 Å². The van der Waals surface area contributed by atoms with Crippen LogP contribution in [-0.2, 0) is 19.4 Å². The van der Waals surface area contributed by atoms with Crippen LogP contribution < -0.4 is 0 Å². The molecule has 1 aliphatic rings. The minimum Gasteiger partial charge on any atom is -0.449 e. The molecule has 2 aromatic rings. The molecule has 0 unspecified atom stereocenters. The van der Waals surface area contributed by atoms with Crippen molar-refractivity contribution < 1.29 is 22.7 Å². The number of carbonyl (C=O) groups is 2. The molecule has 0 aliphatic carbocycles. The van der Waals surface area contributed by atoms with Crippen molar-refractivity contribution in [3.05, 3.63) is 48.3 Å². The third kappa shape index (κ3) is 4.41. The molecule has 1 aromatic heterocycles. The minimum atomic E-state index is -3.11. The second kappa shape index (κ2) is 8.14. The molecule has 1 saturated heterocycles. The molecule has 150 valence electrons. The van der Waals surface area contributed by atoms with Crippen molar-refractivity contribution >= 4 is 21.7 Å². The lowest BCUT2D eigenvalue weighted by Crippen LogP contribution is -2.46. The molecule has 9 heteroatoms. The van der Waals surface area contributed by atoms with Crippen molar-refractivity contribution in [2.24, 2.45) is 0 Å². The lowest BCUT2D eigenvalue weighted by Gasteiger charge is -2.29. The molecular weight excluding hydrogens is 382 g/mol. The summed E-state index contributed by atoms with van der Waals surface area (Å²) in [5, 5.41) is 4.12. The van der Waals surface area contributed by atoms with Gasteiger partial charge in [0.05, 0.1) is 22.8 Å². The fourth-order valence-electron chi connectivity index (χ4n) is 3.30. The maximum atomic E-state index is 12.7. The highest BCUT2D eigenvalue weighted by molar-refractivity contribution is 7.91. The van der Waals surface area contributed by atoms with Gasteiger partial charge >= 0.3 is 5.97 Å². The first-order chi connectivity index (χ1) is 13.3. The van der Waals surface area contributed by atoms with E-state index < -0.39 is 21.9 Å². The van der Waals surface area contributed by atoms with Gasteiger partial charge in [-0.3, -0.25) is 4.79 Å². The Morgan fingerprint density at radius 3 is 2.57 bits per heavy atom. The van der Waals surface area contributed by atoms with Crippen LogP contribution in [0.5, 0.6) is 0 Å². The first kappa shape index (κ1) is 20.1. The largest absolute Gasteiger partial charge is 0.449 e. The second-order valence-corrected chi connectivity index (χ2v) is 8.95. The van der Waals surface area contributed by atoms with E-state index in [1.165, 1.54) is 11.8 Å². The Bertz CT molecular complexity index is 938. The highest BCUT2D eigenvalue weighted by atomic mass is 32.2. The van der Waals surface area contributed by atoms with Gasteiger partial charge in [-0.15, -0.1) is 0 Å². The molecule has 8 nitrogen and oxygen atoms in total. The Kier molecular flexibility index (Phi) is 5.83. The van der Waals surface area contributed by atoms with E-state index >= 15 is 0 Å². The summed E-state index contributed by atoms with van der Waals surface area (Å²) in [6, 6.07) is 8.12. The minimum absolute atomic E-state index is 0.0395. The molecule has 0 spiro atoms. The summed E-state index contributed by atoms with van der Waals surface area (Å²) in [4.78, 5) is 26.6. The Labute approximate surface area is 164 Å². The van der Waals surface area contributed by atoms with E-state index in [9.17, 15) is 18.0 Å².